The minimum atomic E-state index is -0.0509. The zero-order valence-electron chi connectivity index (χ0n) is 16.5. The third-order valence-electron chi connectivity index (χ3n) is 5.74. The molecule has 0 unspecified atom stereocenters. The fourth-order valence-corrected chi connectivity index (χ4v) is 4.32. The second-order valence-electron chi connectivity index (χ2n) is 8.25. The van der Waals surface area contributed by atoms with Crippen molar-refractivity contribution in [1.29, 1.82) is 0 Å². The number of hydrogen-bond donors (Lipinski definition) is 1. The summed E-state index contributed by atoms with van der Waals surface area (Å²) >= 11 is 0. The normalized spacial score (nSPS) is 17.7. The zero-order valence-corrected chi connectivity index (χ0v) is 16.5. The summed E-state index contributed by atoms with van der Waals surface area (Å²) in [5, 5.41) is 3.23. The van der Waals surface area contributed by atoms with Crippen molar-refractivity contribution >= 4 is 11.7 Å². The van der Waals surface area contributed by atoms with E-state index in [1.165, 1.54) is 18.4 Å². The summed E-state index contributed by atoms with van der Waals surface area (Å²) in [5.74, 6) is 1.57. The number of carbonyl (C=O) groups is 1. The number of amides is 1. The second-order valence-corrected chi connectivity index (χ2v) is 8.25. The highest BCUT2D eigenvalue weighted by Crippen LogP contribution is 2.31. The van der Waals surface area contributed by atoms with Crippen LogP contribution in [0.15, 0.2) is 12.5 Å². The van der Waals surface area contributed by atoms with Crippen LogP contribution in [-0.2, 0) is 24.7 Å². The summed E-state index contributed by atoms with van der Waals surface area (Å²) in [7, 11) is 3.88. The van der Waals surface area contributed by atoms with Crippen molar-refractivity contribution in [3.8, 4) is 11.5 Å². The van der Waals surface area contributed by atoms with Crippen LogP contribution in [0.4, 0.5) is 5.82 Å². The molecule has 2 aromatic heterocycles. The monoisotopic (exact) mass is 368 g/mol. The first-order valence-electron chi connectivity index (χ1n) is 9.84. The van der Waals surface area contributed by atoms with Crippen molar-refractivity contribution < 1.29 is 4.79 Å². The third kappa shape index (κ3) is 3.68. The molecule has 0 aromatic carbocycles. The highest BCUT2D eigenvalue weighted by molar-refractivity contribution is 5.82. The highest BCUT2D eigenvalue weighted by atomic mass is 16.2. The number of aryl methyl sites for hydroxylation is 2. The van der Waals surface area contributed by atoms with E-state index in [1.54, 1.807) is 6.33 Å². The van der Waals surface area contributed by atoms with Crippen LogP contribution in [0.3, 0.4) is 0 Å². The SMILES string of the molecule is CN(CC(=O)NC1(C)CCCC1)c1nc(-c2cn(C)cn2)nc2c1CCC2. The smallest absolute Gasteiger partial charge is 0.239 e. The average molecular weight is 368 g/mol. The number of imidazole rings is 1. The van der Waals surface area contributed by atoms with Crippen LogP contribution < -0.4 is 10.2 Å². The fraction of sp³-hybridized carbons (Fsp3) is 0.600. The molecule has 2 aromatic rings. The van der Waals surface area contributed by atoms with Crippen LogP contribution in [0.2, 0.25) is 0 Å². The second kappa shape index (κ2) is 6.94. The molecule has 1 saturated carbocycles. The van der Waals surface area contributed by atoms with Gasteiger partial charge in [-0.15, -0.1) is 0 Å². The maximum Gasteiger partial charge on any atom is 0.239 e. The van der Waals surface area contributed by atoms with E-state index in [0.717, 1.165) is 49.3 Å². The van der Waals surface area contributed by atoms with Gasteiger partial charge in [0.1, 0.15) is 11.5 Å². The molecule has 144 valence electrons. The van der Waals surface area contributed by atoms with Gasteiger partial charge < -0.3 is 14.8 Å². The van der Waals surface area contributed by atoms with Gasteiger partial charge in [0.2, 0.25) is 5.91 Å². The van der Waals surface area contributed by atoms with Gasteiger partial charge in [0.15, 0.2) is 5.82 Å². The van der Waals surface area contributed by atoms with Gasteiger partial charge in [0, 0.05) is 37.1 Å². The maximum absolute atomic E-state index is 12.6. The first-order valence-corrected chi connectivity index (χ1v) is 9.84. The van der Waals surface area contributed by atoms with E-state index in [4.69, 9.17) is 9.97 Å². The number of hydrogen-bond acceptors (Lipinski definition) is 5. The van der Waals surface area contributed by atoms with Crippen LogP contribution in [0.5, 0.6) is 0 Å². The van der Waals surface area contributed by atoms with Crippen molar-refractivity contribution in [1.82, 2.24) is 24.8 Å². The Labute approximate surface area is 160 Å². The van der Waals surface area contributed by atoms with Crippen LogP contribution in [0, 0.1) is 0 Å². The van der Waals surface area contributed by atoms with Gasteiger partial charge in [0.25, 0.3) is 0 Å². The van der Waals surface area contributed by atoms with Gasteiger partial charge in [-0.3, -0.25) is 4.79 Å². The molecular weight excluding hydrogens is 340 g/mol. The third-order valence-corrected chi connectivity index (χ3v) is 5.74. The molecule has 1 N–H and O–H groups in total. The number of likely N-dealkylation sites (N-methyl/N-ethyl adjacent to an activating group) is 1. The standard InChI is InChI=1S/C20H28N6O/c1-20(9-4-5-10-20)24-17(27)12-26(3)19-14-7-6-8-15(14)22-18(23-19)16-11-25(2)13-21-16/h11,13H,4-10,12H2,1-3H3,(H,24,27). The van der Waals surface area contributed by atoms with E-state index < -0.39 is 0 Å². The van der Waals surface area contributed by atoms with Crippen molar-refractivity contribution in [2.45, 2.75) is 57.4 Å². The first kappa shape index (κ1) is 17.9. The van der Waals surface area contributed by atoms with E-state index in [1.807, 2.05) is 29.8 Å². The van der Waals surface area contributed by atoms with Crippen LogP contribution in [0.1, 0.15) is 50.3 Å². The number of nitrogens with zero attached hydrogens (tertiary/aromatic N) is 5. The molecule has 0 spiro atoms. The highest BCUT2D eigenvalue weighted by Gasteiger charge is 2.31. The molecule has 0 aliphatic heterocycles. The van der Waals surface area contributed by atoms with Crippen molar-refractivity contribution in [2.75, 3.05) is 18.5 Å². The number of anilines is 1. The number of rotatable bonds is 5. The Bertz CT molecular complexity index is 852. The van der Waals surface area contributed by atoms with E-state index in [-0.39, 0.29) is 11.4 Å². The number of nitrogens with one attached hydrogen (secondary N) is 1. The lowest BCUT2D eigenvalue weighted by molar-refractivity contribution is -0.121. The lowest BCUT2D eigenvalue weighted by atomic mass is 10.0. The van der Waals surface area contributed by atoms with Crippen molar-refractivity contribution in [3.63, 3.8) is 0 Å². The molecule has 4 rings (SSSR count). The molecule has 2 heterocycles. The number of carbonyl (C=O) groups excluding carboxylic acids is 1. The lowest BCUT2D eigenvalue weighted by Crippen LogP contribution is -2.47. The number of fused-ring (bicyclic) bond motifs is 1. The van der Waals surface area contributed by atoms with E-state index in [0.29, 0.717) is 12.4 Å². The lowest BCUT2D eigenvalue weighted by Gasteiger charge is -2.27. The van der Waals surface area contributed by atoms with Crippen LogP contribution in [0.25, 0.3) is 11.5 Å². The topological polar surface area (TPSA) is 75.9 Å². The summed E-state index contributed by atoms with van der Waals surface area (Å²) < 4.78 is 1.89. The molecule has 2 aliphatic rings. The molecule has 1 fully saturated rings. The molecule has 0 radical (unpaired) electrons. The molecule has 27 heavy (non-hydrogen) atoms. The Kier molecular flexibility index (Phi) is 4.61. The maximum atomic E-state index is 12.6. The summed E-state index contributed by atoms with van der Waals surface area (Å²) in [4.78, 5) is 28.5. The predicted octanol–water partition coefficient (Wildman–Crippen LogP) is 2.25. The van der Waals surface area contributed by atoms with Gasteiger partial charge in [-0.05, 0) is 39.0 Å². The van der Waals surface area contributed by atoms with Gasteiger partial charge >= 0.3 is 0 Å². The minimum Gasteiger partial charge on any atom is -0.350 e. The molecule has 0 bridgehead atoms. The molecular formula is C20H28N6O. The van der Waals surface area contributed by atoms with Crippen molar-refractivity contribution in [3.05, 3.63) is 23.8 Å². The average Bonchev–Trinajstić information content (AvgIpc) is 3.34. The largest absolute Gasteiger partial charge is 0.350 e. The molecule has 1 amide bonds. The molecule has 7 heteroatoms. The fourth-order valence-electron chi connectivity index (χ4n) is 4.32. The summed E-state index contributed by atoms with van der Waals surface area (Å²) in [5.41, 5.74) is 2.99. The van der Waals surface area contributed by atoms with Gasteiger partial charge in [-0.1, -0.05) is 12.8 Å². The Morgan fingerprint density at radius 1 is 1.26 bits per heavy atom. The summed E-state index contributed by atoms with van der Waals surface area (Å²) in [6.07, 6.45) is 11.2. The number of aromatic nitrogens is 4. The van der Waals surface area contributed by atoms with E-state index in [9.17, 15) is 4.79 Å². The Morgan fingerprint density at radius 3 is 2.74 bits per heavy atom. The molecule has 2 aliphatic carbocycles. The summed E-state index contributed by atoms with van der Waals surface area (Å²) in [6.45, 7) is 2.46. The Morgan fingerprint density at radius 2 is 2.04 bits per heavy atom. The quantitative estimate of drug-likeness (QED) is 0.876. The Hall–Kier alpha value is -2.44. The van der Waals surface area contributed by atoms with Gasteiger partial charge in [0.05, 0.1) is 12.9 Å². The molecule has 0 atom stereocenters. The van der Waals surface area contributed by atoms with Crippen LogP contribution in [-0.4, -0.2) is 44.6 Å². The predicted molar refractivity (Wildman–Crippen MR) is 105 cm³/mol. The summed E-state index contributed by atoms with van der Waals surface area (Å²) in [6, 6.07) is 0. The van der Waals surface area contributed by atoms with Gasteiger partial charge in [-0.25, -0.2) is 15.0 Å². The van der Waals surface area contributed by atoms with E-state index in [2.05, 4.69) is 17.2 Å². The molecule has 0 saturated heterocycles. The van der Waals surface area contributed by atoms with E-state index >= 15 is 0 Å². The van der Waals surface area contributed by atoms with Crippen molar-refractivity contribution in [2.24, 2.45) is 7.05 Å². The van der Waals surface area contributed by atoms with Crippen LogP contribution >= 0.6 is 0 Å². The minimum absolute atomic E-state index is 0.0509. The first-order chi connectivity index (χ1) is 12.9. The molecule has 7 nitrogen and oxygen atoms in total. The Balaban J connectivity index is 1.56. The van der Waals surface area contributed by atoms with Gasteiger partial charge in [-0.2, -0.15) is 0 Å². The zero-order chi connectivity index (χ0) is 19.0.